The summed E-state index contributed by atoms with van der Waals surface area (Å²) in [4.78, 5) is 2.47. The lowest BCUT2D eigenvalue weighted by atomic mass is 9.85. The van der Waals surface area contributed by atoms with Crippen molar-refractivity contribution in [2.24, 2.45) is 5.11 Å². The van der Waals surface area contributed by atoms with Gasteiger partial charge in [-0.3, -0.25) is 0 Å². The van der Waals surface area contributed by atoms with Crippen LogP contribution in [-0.2, 0) is 6.42 Å². The van der Waals surface area contributed by atoms with Crippen LogP contribution in [0.3, 0.4) is 0 Å². The molecule has 0 fully saturated rings. The number of azide groups is 1. The Balaban J connectivity index is 2.30. The van der Waals surface area contributed by atoms with E-state index in [0.717, 1.165) is 12.2 Å². The van der Waals surface area contributed by atoms with Crippen molar-refractivity contribution in [3.63, 3.8) is 0 Å². The van der Waals surface area contributed by atoms with Crippen LogP contribution in [0.1, 0.15) is 5.56 Å². The lowest BCUT2D eigenvalue weighted by Gasteiger charge is -2.29. The number of nitrogens with zero attached hydrogens (tertiary/aromatic N) is 3. The molecule has 0 heterocycles. The van der Waals surface area contributed by atoms with Gasteiger partial charge in [0, 0.05) is 11.3 Å². The minimum absolute atomic E-state index is 0.200. The van der Waals surface area contributed by atoms with Gasteiger partial charge in [-0.25, -0.2) is 13.2 Å². The van der Waals surface area contributed by atoms with E-state index in [1.165, 1.54) is 30.3 Å². The first kappa shape index (κ1) is 13.2. The average Bonchev–Trinajstić information content (AvgIpc) is 2.37. The largest absolute Gasteiger partial charge is 0.238 e. The van der Waals surface area contributed by atoms with E-state index < -0.39 is 23.4 Å². The predicted octanol–water partition coefficient (Wildman–Crippen LogP) is 4.18. The first-order valence-corrected chi connectivity index (χ1v) is 5.57. The Bertz CT molecular complexity index is 573. The molecule has 2 rings (SSSR count). The second-order valence-corrected chi connectivity index (χ2v) is 4.25. The second kappa shape index (κ2) is 5.20. The molecule has 0 unspecified atom stereocenters. The molecular formula is C13H10F3N3. The zero-order chi connectivity index (χ0) is 13.9. The SMILES string of the molecule is [N-]=[N+]=N[C@H]1C(F)=CC=C[C@@]1(F)Cc1ccc(F)cc1. The Morgan fingerprint density at radius 2 is 1.95 bits per heavy atom. The second-order valence-electron chi connectivity index (χ2n) is 4.25. The van der Waals surface area contributed by atoms with E-state index in [4.69, 9.17) is 5.53 Å². The van der Waals surface area contributed by atoms with E-state index in [-0.39, 0.29) is 6.42 Å². The molecule has 1 aliphatic rings. The summed E-state index contributed by atoms with van der Waals surface area (Å²) in [6.07, 6.45) is 3.25. The molecule has 1 aromatic carbocycles. The van der Waals surface area contributed by atoms with Crippen molar-refractivity contribution in [3.8, 4) is 0 Å². The third-order valence-electron chi connectivity index (χ3n) is 2.90. The molecule has 1 aromatic rings. The molecule has 6 heteroatoms. The summed E-state index contributed by atoms with van der Waals surface area (Å²) < 4.78 is 41.1. The Labute approximate surface area is 107 Å². The number of benzene rings is 1. The number of hydrogen-bond donors (Lipinski definition) is 0. The van der Waals surface area contributed by atoms with E-state index in [0.29, 0.717) is 5.56 Å². The van der Waals surface area contributed by atoms with Crippen LogP contribution >= 0.6 is 0 Å². The standard InChI is InChI=1S/C13H10F3N3/c14-10-5-3-9(4-6-10)8-13(16)7-1-2-11(15)12(13)18-19-17/h1-7,12H,8H2/t12-,13+/m0/s1. The van der Waals surface area contributed by atoms with E-state index in [1.54, 1.807) is 0 Å². The Morgan fingerprint density at radius 1 is 1.26 bits per heavy atom. The normalized spacial score (nSPS) is 25.6. The average molecular weight is 265 g/mol. The predicted molar refractivity (Wildman–Crippen MR) is 65.2 cm³/mol. The number of halogens is 3. The number of rotatable bonds is 3. The summed E-state index contributed by atoms with van der Waals surface area (Å²) in [6, 6.07) is 3.68. The molecule has 19 heavy (non-hydrogen) atoms. The summed E-state index contributed by atoms with van der Waals surface area (Å²) in [5.41, 5.74) is 6.73. The van der Waals surface area contributed by atoms with Crippen LogP contribution < -0.4 is 0 Å². The van der Waals surface area contributed by atoms with Gasteiger partial charge in [0.1, 0.15) is 23.4 Å². The van der Waals surface area contributed by atoms with Crippen LogP contribution in [0.2, 0.25) is 0 Å². The molecule has 0 saturated carbocycles. The van der Waals surface area contributed by atoms with Crippen LogP contribution in [0.5, 0.6) is 0 Å². The van der Waals surface area contributed by atoms with Gasteiger partial charge in [0.05, 0.1) is 0 Å². The molecule has 0 bridgehead atoms. The minimum Gasteiger partial charge on any atom is -0.238 e. The summed E-state index contributed by atoms with van der Waals surface area (Å²) in [6.45, 7) is 0. The van der Waals surface area contributed by atoms with Gasteiger partial charge in [-0.1, -0.05) is 23.3 Å². The van der Waals surface area contributed by atoms with Crippen LogP contribution in [0.25, 0.3) is 10.4 Å². The molecule has 98 valence electrons. The van der Waals surface area contributed by atoms with Gasteiger partial charge in [0.15, 0.2) is 0 Å². The monoisotopic (exact) mass is 265 g/mol. The third-order valence-corrected chi connectivity index (χ3v) is 2.90. The zero-order valence-corrected chi connectivity index (χ0v) is 9.80. The van der Waals surface area contributed by atoms with Crippen molar-refractivity contribution < 1.29 is 13.2 Å². The van der Waals surface area contributed by atoms with Gasteiger partial charge in [-0.2, -0.15) is 0 Å². The lowest BCUT2D eigenvalue weighted by molar-refractivity contribution is 0.184. The highest BCUT2D eigenvalue weighted by atomic mass is 19.2. The van der Waals surface area contributed by atoms with Crippen molar-refractivity contribution in [1.29, 1.82) is 0 Å². The highest BCUT2D eigenvalue weighted by molar-refractivity contribution is 5.32. The molecule has 0 N–H and O–H groups in total. The fourth-order valence-corrected chi connectivity index (χ4v) is 1.99. The zero-order valence-electron chi connectivity index (χ0n) is 9.80. The minimum atomic E-state index is -2.15. The van der Waals surface area contributed by atoms with Gasteiger partial charge < -0.3 is 0 Å². The fourth-order valence-electron chi connectivity index (χ4n) is 1.99. The van der Waals surface area contributed by atoms with Crippen LogP contribution in [0, 0.1) is 5.82 Å². The van der Waals surface area contributed by atoms with Gasteiger partial charge in [-0.05, 0) is 35.4 Å². The number of alkyl halides is 1. The topological polar surface area (TPSA) is 48.8 Å². The van der Waals surface area contributed by atoms with Gasteiger partial charge >= 0.3 is 0 Å². The summed E-state index contributed by atoms with van der Waals surface area (Å²) in [5, 5.41) is 3.17. The van der Waals surface area contributed by atoms with Crippen molar-refractivity contribution in [1.82, 2.24) is 0 Å². The first-order valence-electron chi connectivity index (χ1n) is 5.57. The van der Waals surface area contributed by atoms with Gasteiger partial charge in [0.2, 0.25) is 0 Å². The summed E-state index contributed by atoms with van der Waals surface area (Å²) in [5.74, 6) is -1.27. The molecular weight excluding hydrogens is 255 g/mol. The fraction of sp³-hybridized carbons (Fsp3) is 0.231. The van der Waals surface area contributed by atoms with E-state index in [2.05, 4.69) is 10.0 Å². The Morgan fingerprint density at radius 3 is 2.58 bits per heavy atom. The maximum atomic E-state index is 14.7. The Hall–Kier alpha value is -2.20. The van der Waals surface area contributed by atoms with Crippen LogP contribution in [0.15, 0.2) is 53.4 Å². The molecule has 0 amide bonds. The van der Waals surface area contributed by atoms with E-state index in [1.807, 2.05) is 0 Å². The smallest absolute Gasteiger partial charge is 0.148 e. The van der Waals surface area contributed by atoms with Crippen molar-refractivity contribution >= 4 is 0 Å². The van der Waals surface area contributed by atoms with Gasteiger partial charge in [-0.15, -0.1) is 0 Å². The molecule has 0 aliphatic heterocycles. The molecule has 0 radical (unpaired) electrons. The first-order chi connectivity index (χ1) is 9.05. The quantitative estimate of drug-likeness (QED) is 0.447. The Kier molecular flexibility index (Phi) is 3.62. The number of hydrogen-bond acceptors (Lipinski definition) is 1. The molecule has 3 nitrogen and oxygen atoms in total. The third kappa shape index (κ3) is 2.80. The van der Waals surface area contributed by atoms with Crippen molar-refractivity contribution in [3.05, 3.63) is 70.1 Å². The summed E-state index contributed by atoms with van der Waals surface area (Å²) in [7, 11) is 0. The maximum Gasteiger partial charge on any atom is 0.148 e. The van der Waals surface area contributed by atoms with Crippen molar-refractivity contribution in [2.45, 2.75) is 18.1 Å². The molecule has 0 aromatic heterocycles. The maximum absolute atomic E-state index is 14.7. The molecule has 2 atom stereocenters. The van der Waals surface area contributed by atoms with Crippen LogP contribution in [0.4, 0.5) is 13.2 Å². The molecule has 0 saturated heterocycles. The number of allylic oxidation sites excluding steroid dienone is 2. The van der Waals surface area contributed by atoms with E-state index >= 15 is 0 Å². The molecule has 0 spiro atoms. The molecule has 1 aliphatic carbocycles. The van der Waals surface area contributed by atoms with Crippen LogP contribution in [-0.4, -0.2) is 11.7 Å². The summed E-state index contributed by atoms with van der Waals surface area (Å²) >= 11 is 0. The highest BCUT2D eigenvalue weighted by Crippen LogP contribution is 2.34. The lowest BCUT2D eigenvalue weighted by Crippen LogP contribution is -2.38. The highest BCUT2D eigenvalue weighted by Gasteiger charge is 2.40. The van der Waals surface area contributed by atoms with E-state index in [9.17, 15) is 13.2 Å². The van der Waals surface area contributed by atoms with Crippen molar-refractivity contribution in [2.75, 3.05) is 0 Å². The van der Waals surface area contributed by atoms with Gasteiger partial charge in [0.25, 0.3) is 0 Å².